The van der Waals surface area contributed by atoms with Crippen LogP contribution in [0.1, 0.15) is 21.5 Å². The Morgan fingerprint density at radius 1 is 0.926 bits per heavy atom. The SMILES string of the molecule is Cc1ccc(NS(=O)(=O)c2ccc(NC(=O)c3ccncc3)cc2)c(C)c1. The molecule has 2 aromatic carbocycles. The van der Waals surface area contributed by atoms with Gasteiger partial charge in [0.25, 0.3) is 15.9 Å². The second-order valence-electron chi connectivity index (χ2n) is 6.14. The van der Waals surface area contributed by atoms with E-state index < -0.39 is 10.0 Å². The summed E-state index contributed by atoms with van der Waals surface area (Å²) < 4.78 is 27.8. The number of hydrogen-bond donors (Lipinski definition) is 2. The zero-order valence-electron chi connectivity index (χ0n) is 14.9. The minimum atomic E-state index is -3.72. The van der Waals surface area contributed by atoms with Crippen LogP contribution in [-0.2, 0) is 10.0 Å². The highest BCUT2D eigenvalue weighted by atomic mass is 32.2. The number of rotatable bonds is 5. The first-order chi connectivity index (χ1) is 12.8. The topological polar surface area (TPSA) is 88.2 Å². The zero-order chi connectivity index (χ0) is 19.4. The number of aryl methyl sites for hydroxylation is 2. The lowest BCUT2D eigenvalue weighted by molar-refractivity contribution is 0.102. The van der Waals surface area contributed by atoms with Gasteiger partial charge in [-0.2, -0.15) is 0 Å². The number of carbonyl (C=O) groups excluding carboxylic acids is 1. The van der Waals surface area contributed by atoms with E-state index in [2.05, 4.69) is 15.0 Å². The third kappa shape index (κ3) is 4.51. The number of amides is 1. The van der Waals surface area contributed by atoms with Gasteiger partial charge in [0, 0.05) is 23.6 Å². The standard InChI is InChI=1S/C20H19N3O3S/c1-14-3-8-19(15(2)13-14)23-27(25,26)18-6-4-17(5-7-18)22-20(24)16-9-11-21-12-10-16/h3-13,23H,1-2H3,(H,22,24). The molecule has 0 spiro atoms. The van der Waals surface area contributed by atoms with Crippen molar-refractivity contribution in [2.75, 3.05) is 10.0 Å². The van der Waals surface area contributed by atoms with E-state index in [1.54, 1.807) is 30.3 Å². The lowest BCUT2D eigenvalue weighted by Crippen LogP contribution is -2.14. The van der Waals surface area contributed by atoms with Crippen LogP contribution in [0.4, 0.5) is 11.4 Å². The Morgan fingerprint density at radius 2 is 1.59 bits per heavy atom. The molecule has 0 aliphatic carbocycles. The first kappa shape index (κ1) is 18.6. The number of pyridine rings is 1. The molecule has 0 saturated heterocycles. The first-order valence-corrected chi connectivity index (χ1v) is 9.75. The van der Waals surface area contributed by atoms with Crippen molar-refractivity contribution in [1.82, 2.24) is 4.98 Å². The van der Waals surface area contributed by atoms with Gasteiger partial charge in [-0.05, 0) is 61.9 Å². The van der Waals surface area contributed by atoms with Crippen molar-refractivity contribution in [1.29, 1.82) is 0 Å². The fraction of sp³-hybridized carbons (Fsp3) is 0.100. The molecule has 1 aromatic heterocycles. The Kier molecular flexibility index (Phi) is 5.23. The molecule has 0 unspecified atom stereocenters. The summed E-state index contributed by atoms with van der Waals surface area (Å²) in [5.41, 5.74) is 3.42. The van der Waals surface area contributed by atoms with Gasteiger partial charge in [0.1, 0.15) is 0 Å². The quantitative estimate of drug-likeness (QED) is 0.704. The van der Waals surface area contributed by atoms with Gasteiger partial charge in [0.2, 0.25) is 0 Å². The maximum absolute atomic E-state index is 12.6. The third-order valence-corrected chi connectivity index (χ3v) is 5.37. The molecule has 7 heteroatoms. The fourth-order valence-corrected chi connectivity index (χ4v) is 3.69. The predicted molar refractivity (Wildman–Crippen MR) is 105 cm³/mol. The molecule has 2 N–H and O–H groups in total. The number of nitrogens with zero attached hydrogens (tertiary/aromatic N) is 1. The molecule has 3 rings (SSSR count). The van der Waals surface area contributed by atoms with E-state index in [9.17, 15) is 13.2 Å². The largest absolute Gasteiger partial charge is 0.322 e. The molecule has 0 aliphatic heterocycles. The maximum atomic E-state index is 12.6. The van der Waals surface area contributed by atoms with E-state index in [0.717, 1.165) is 11.1 Å². The van der Waals surface area contributed by atoms with Crippen molar-refractivity contribution in [3.8, 4) is 0 Å². The smallest absolute Gasteiger partial charge is 0.261 e. The van der Waals surface area contributed by atoms with E-state index >= 15 is 0 Å². The van der Waals surface area contributed by atoms with Gasteiger partial charge in [0.05, 0.1) is 10.6 Å². The molecule has 138 valence electrons. The summed E-state index contributed by atoms with van der Waals surface area (Å²) in [5, 5.41) is 2.72. The van der Waals surface area contributed by atoms with Crippen LogP contribution < -0.4 is 10.0 Å². The summed E-state index contributed by atoms with van der Waals surface area (Å²) in [7, 11) is -3.72. The molecule has 27 heavy (non-hydrogen) atoms. The molecular formula is C20H19N3O3S. The van der Waals surface area contributed by atoms with Crippen LogP contribution >= 0.6 is 0 Å². The molecule has 0 aliphatic rings. The van der Waals surface area contributed by atoms with E-state index in [0.29, 0.717) is 16.9 Å². The summed E-state index contributed by atoms with van der Waals surface area (Å²) in [5.74, 6) is -0.290. The van der Waals surface area contributed by atoms with Crippen LogP contribution in [0.5, 0.6) is 0 Å². The number of nitrogens with one attached hydrogen (secondary N) is 2. The zero-order valence-corrected chi connectivity index (χ0v) is 15.7. The molecule has 0 bridgehead atoms. The molecule has 0 fully saturated rings. The highest BCUT2D eigenvalue weighted by Crippen LogP contribution is 2.22. The van der Waals surface area contributed by atoms with E-state index in [-0.39, 0.29) is 10.8 Å². The summed E-state index contributed by atoms with van der Waals surface area (Å²) in [4.78, 5) is 16.1. The van der Waals surface area contributed by atoms with Gasteiger partial charge in [-0.15, -0.1) is 0 Å². The van der Waals surface area contributed by atoms with Crippen molar-refractivity contribution < 1.29 is 13.2 Å². The van der Waals surface area contributed by atoms with Crippen LogP contribution in [-0.4, -0.2) is 19.3 Å². The Bertz CT molecular complexity index is 1060. The summed E-state index contributed by atoms with van der Waals surface area (Å²) >= 11 is 0. The van der Waals surface area contributed by atoms with E-state index in [1.165, 1.54) is 24.5 Å². The highest BCUT2D eigenvalue weighted by molar-refractivity contribution is 7.92. The average Bonchev–Trinajstić information content (AvgIpc) is 2.65. The molecule has 3 aromatic rings. The Hall–Kier alpha value is -3.19. The lowest BCUT2D eigenvalue weighted by atomic mass is 10.1. The summed E-state index contributed by atoms with van der Waals surface area (Å²) in [6.07, 6.45) is 3.06. The normalized spacial score (nSPS) is 11.0. The fourth-order valence-electron chi connectivity index (χ4n) is 2.56. The van der Waals surface area contributed by atoms with Gasteiger partial charge in [-0.3, -0.25) is 14.5 Å². The van der Waals surface area contributed by atoms with E-state index in [4.69, 9.17) is 0 Å². The van der Waals surface area contributed by atoms with Gasteiger partial charge in [-0.1, -0.05) is 17.7 Å². The molecular weight excluding hydrogens is 362 g/mol. The molecule has 1 heterocycles. The minimum absolute atomic E-state index is 0.115. The van der Waals surface area contributed by atoms with Crippen molar-refractivity contribution in [3.05, 3.63) is 83.7 Å². The second-order valence-corrected chi connectivity index (χ2v) is 7.82. The van der Waals surface area contributed by atoms with Gasteiger partial charge < -0.3 is 5.32 Å². The number of aromatic nitrogens is 1. The number of hydrogen-bond acceptors (Lipinski definition) is 4. The average molecular weight is 381 g/mol. The van der Waals surface area contributed by atoms with Crippen LogP contribution in [0.25, 0.3) is 0 Å². The van der Waals surface area contributed by atoms with E-state index in [1.807, 2.05) is 26.0 Å². The van der Waals surface area contributed by atoms with Crippen LogP contribution in [0, 0.1) is 13.8 Å². The Morgan fingerprint density at radius 3 is 2.22 bits per heavy atom. The van der Waals surface area contributed by atoms with Gasteiger partial charge in [-0.25, -0.2) is 8.42 Å². The minimum Gasteiger partial charge on any atom is -0.322 e. The van der Waals surface area contributed by atoms with Gasteiger partial charge in [0.15, 0.2) is 0 Å². The van der Waals surface area contributed by atoms with Crippen molar-refractivity contribution in [3.63, 3.8) is 0 Å². The number of benzene rings is 2. The molecule has 0 radical (unpaired) electrons. The predicted octanol–water partition coefficient (Wildman–Crippen LogP) is 3.75. The summed E-state index contributed by atoms with van der Waals surface area (Å²) in [6.45, 7) is 3.80. The first-order valence-electron chi connectivity index (χ1n) is 8.27. The number of carbonyl (C=O) groups is 1. The molecule has 6 nitrogen and oxygen atoms in total. The van der Waals surface area contributed by atoms with Crippen molar-refractivity contribution in [2.45, 2.75) is 18.7 Å². The second kappa shape index (κ2) is 7.59. The lowest BCUT2D eigenvalue weighted by Gasteiger charge is -2.12. The highest BCUT2D eigenvalue weighted by Gasteiger charge is 2.15. The van der Waals surface area contributed by atoms with Crippen molar-refractivity contribution >= 4 is 27.3 Å². The van der Waals surface area contributed by atoms with Crippen LogP contribution in [0.2, 0.25) is 0 Å². The van der Waals surface area contributed by atoms with Crippen LogP contribution in [0.3, 0.4) is 0 Å². The molecule has 0 atom stereocenters. The molecule has 0 saturated carbocycles. The number of sulfonamides is 1. The monoisotopic (exact) mass is 381 g/mol. The molecule has 1 amide bonds. The maximum Gasteiger partial charge on any atom is 0.261 e. The summed E-state index contributed by atoms with van der Waals surface area (Å²) in [6, 6.07) is 14.7. The van der Waals surface area contributed by atoms with Crippen LogP contribution in [0.15, 0.2) is 71.9 Å². The third-order valence-electron chi connectivity index (χ3n) is 3.99. The van der Waals surface area contributed by atoms with Crippen molar-refractivity contribution in [2.24, 2.45) is 0 Å². The van der Waals surface area contributed by atoms with Gasteiger partial charge >= 0.3 is 0 Å². The Balaban J connectivity index is 1.75. The number of anilines is 2. The Labute approximate surface area is 158 Å².